The molecule has 2 saturated carbocycles. The molecule has 4 rings (SSSR count). The van der Waals surface area contributed by atoms with Crippen LogP contribution < -0.4 is 15.5 Å². The summed E-state index contributed by atoms with van der Waals surface area (Å²) in [7, 11) is 3.92. The highest BCUT2D eigenvalue weighted by Gasteiger charge is 2.44. The van der Waals surface area contributed by atoms with Crippen molar-refractivity contribution in [3.63, 3.8) is 0 Å². The molecule has 1 heterocycles. The predicted molar refractivity (Wildman–Crippen MR) is 116 cm³/mol. The Morgan fingerprint density at radius 1 is 1.10 bits per heavy atom. The van der Waals surface area contributed by atoms with E-state index in [0.717, 1.165) is 43.1 Å². The number of anilines is 2. The Morgan fingerprint density at radius 3 is 2.48 bits per heavy atom. The van der Waals surface area contributed by atoms with E-state index >= 15 is 0 Å². The van der Waals surface area contributed by atoms with Gasteiger partial charge in [-0.1, -0.05) is 6.07 Å². The molecule has 31 heavy (non-hydrogen) atoms. The highest BCUT2D eigenvalue weighted by molar-refractivity contribution is 5.83. The third-order valence-corrected chi connectivity index (χ3v) is 6.27. The van der Waals surface area contributed by atoms with E-state index in [4.69, 9.17) is 0 Å². The van der Waals surface area contributed by atoms with Gasteiger partial charge in [0.2, 0.25) is 11.9 Å². The highest BCUT2D eigenvalue weighted by atomic mass is 19.2. The fraction of sp³-hybridized carbons (Fsp3) is 0.522. The molecule has 2 aliphatic rings. The molecule has 0 radical (unpaired) electrons. The smallest absolute Gasteiger partial charge is 0.224 e. The zero-order valence-corrected chi connectivity index (χ0v) is 18.2. The summed E-state index contributed by atoms with van der Waals surface area (Å²) in [6, 6.07) is 4.34. The summed E-state index contributed by atoms with van der Waals surface area (Å²) in [5.41, 5.74) is 1.73. The van der Waals surface area contributed by atoms with Crippen molar-refractivity contribution in [2.75, 3.05) is 24.3 Å². The van der Waals surface area contributed by atoms with Gasteiger partial charge in [0, 0.05) is 43.9 Å². The topological polar surface area (TPSA) is 70.1 Å². The first-order chi connectivity index (χ1) is 14.8. The van der Waals surface area contributed by atoms with E-state index in [-0.39, 0.29) is 29.8 Å². The van der Waals surface area contributed by atoms with Gasteiger partial charge in [-0.05, 0) is 62.6 Å². The third-order valence-electron chi connectivity index (χ3n) is 6.27. The van der Waals surface area contributed by atoms with Crippen molar-refractivity contribution in [2.24, 2.45) is 5.92 Å². The normalized spacial score (nSPS) is 25.1. The number of halogens is 2. The molecule has 0 saturated heterocycles. The largest absolute Gasteiger partial charge is 0.362 e. The summed E-state index contributed by atoms with van der Waals surface area (Å²) >= 11 is 0. The molecule has 2 atom stereocenters. The first kappa shape index (κ1) is 21.5. The number of aromatic nitrogens is 2. The fourth-order valence-electron chi connectivity index (χ4n) is 4.42. The molecule has 8 heteroatoms. The lowest BCUT2D eigenvalue weighted by Gasteiger charge is -2.30. The summed E-state index contributed by atoms with van der Waals surface area (Å²) in [4.78, 5) is 23.6. The van der Waals surface area contributed by atoms with Gasteiger partial charge in [0.25, 0.3) is 0 Å². The number of nitrogens with one attached hydrogen (secondary N) is 2. The van der Waals surface area contributed by atoms with E-state index in [1.54, 1.807) is 6.07 Å². The van der Waals surface area contributed by atoms with E-state index in [1.165, 1.54) is 6.07 Å². The molecule has 166 valence electrons. The number of benzene rings is 1. The van der Waals surface area contributed by atoms with Crippen LogP contribution in [0.3, 0.4) is 0 Å². The number of amides is 1. The minimum atomic E-state index is -0.857. The highest BCUT2D eigenvalue weighted by Crippen LogP contribution is 2.48. The maximum atomic E-state index is 13.4. The van der Waals surface area contributed by atoms with Crippen LogP contribution in [-0.4, -0.2) is 42.1 Å². The molecule has 1 aromatic heterocycles. The van der Waals surface area contributed by atoms with E-state index in [2.05, 4.69) is 20.6 Å². The van der Waals surface area contributed by atoms with Gasteiger partial charge in [-0.3, -0.25) is 4.79 Å². The fourth-order valence-corrected chi connectivity index (χ4v) is 4.42. The number of hydrogen-bond acceptors (Lipinski definition) is 5. The van der Waals surface area contributed by atoms with Crippen molar-refractivity contribution in [1.82, 2.24) is 15.3 Å². The number of carbonyl (C=O) groups is 1. The summed E-state index contributed by atoms with van der Waals surface area (Å²) < 4.78 is 26.6. The Morgan fingerprint density at radius 2 is 1.81 bits per heavy atom. The molecule has 0 unspecified atom stereocenters. The van der Waals surface area contributed by atoms with Crippen molar-refractivity contribution in [3.05, 3.63) is 47.2 Å². The van der Waals surface area contributed by atoms with Gasteiger partial charge < -0.3 is 15.5 Å². The van der Waals surface area contributed by atoms with E-state index < -0.39 is 11.6 Å². The Bertz CT molecular complexity index is 959. The molecule has 0 aliphatic heterocycles. The van der Waals surface area contributed by atoms with Crippen LogP contribution in [0, 0.1) is 24.5 Å². The van der Waals surface area contributed by atoms with Crippen LogP contribution in [0.1, 0.15) is 49.1 Å². The van der Waals surface area contributed by atoms with Crippen molar-refractivity contribution in [3.8, 4) is 0 Å². The molecule has 0 bridgehead atoms. The van der Waals surface area contributed by atoms with Gasteiger partial charge in [-0.2, -0.15) is 4.98 Å². The van der Waals surface area contributed by atoms with Gasteiger partial charge in [0.05, 0.1) is 0 Å². The van der Waals surface area contributed by atoms with Gasteiger partial charge in [0.15, 0.2) is 11.6 Å². The van der Waals surface area contributed by atoms with Crippen LogP contribution in [0.25, 0.3) is 0 Å². The van der Waals surface area contributed by atoms with Crippen molar-refractivity contribution in [1.29, 1.82) is 0 Å². The maximum Gasteiger partial charge on any atom is 0.224 e. The minimum absolute atomic E-state index is 0.0160. The summed E-state index contributed by atoms with van der Waals surface area (Å²) in [5.74, 6) is -0.325. The molecular formula is C23H29F2N5O. The Labute approximate surface area is 181 Å². The predicted octanol–water partition coefficient (Wildman–Crippen LogP) is 3.77. The van der Waals surface area contributed by atoms with Gasteiger partial charge in [0.1, 0.15) is 5.82 Å². The quantitative estimate of drug-likeness (QED) is 0.732. The van der Waals surface area contributed by atoms with E-state index in [1.807, 2.05) is 32.1 Å². The number of hydrogen-bond donors (Lipinski definition) is 2. The third kappa shape index (κ3) is 4.94. The van der Waals surface area contributed by atoms with Crippen LogP contribution in [0.15, 0.2) is 24.4 Å². The van der Waals surface area contributed by atoms with Crippen molar-refractivity contribution < 1.29 is 13.6 Å². The first-order valence-corrected chi connectivity index (χ1v) is 10.8. The number of rotatable bonds is 6. The lowest BCUT2D eigenvalue weighted by Crippen LogP contribution is -2.41. The molecule has 2 fully saturated rings. The van der Waals surface area contributed by atoms with Gasteiger partial charge in [-0.25, -0.2) is 13.8 Å². The van der Waals surface area contributed by atoms with Gasteiger partial charge in [-0.15, -0.1) is 0 Å². The van der Waals surface area contributed by atoms with Gasteiger partial charge >= 0.3 is 0 Å². The van der Waals surface area contributed by atoms with Crippen molar-refractivity contribution in [2.45, 2.75) is 57.0 Å². The van der Waals surface area contributed by atoms with Crippen LogP contribution >= 0.6 is 0 Å². The molecule has 1 amide bonds. The molecule has 2 aromatic rings. The van der Waals surface area contributed by atoms with E-state index in [0.29, 0.717) is 17.9 Å². The lowest BCUT2D eigenvalue weighted by atomic mass is 9.91. The molecule has 2 N–H and O–H groups in total. The summed E-state index contributed by atoms with van der Waals surface area (Å²) in [5, 5.41) is 6.57. The zero-order valence-electron chi connectivity index (χ0n) is 18.2. The first-order valence-electron chi connectivity index (χ1n) is 10.8. The molecule has 6 nitrogen and oxygen atoms in total. The Hall–Kier alpha value is -2.77. The number of nitrogens with zero attached hydrogens (tertiary/aromatic N) is 3. The molecule has 1 aromatic carbocycles. The zero-order chi connectivity index (χ0) is 22.1. The maximum absolute atomic E-state index is 13.4. The average molecular weight is 430 g/mol. The Kier molecular flexibility index (Phi) is 6.07. The number of carbonyl (C=O) groups excluding carboxylic acids is 1. The SMILES string of the molecule is Cc1cnc(NC2CCC(NC(=O)[C@@H]3C[C@H]3c3ccc(F)c(F)c3)CC2)nc1N(C)C. The summed E-state index contributed by atoms with van der Waals surface area (Å²) in [6.07, 6.45) is 6.15. The molecule has 2 aliphatic carbocycles. The second-order valence-electron chi connectivity index (χ2n) is 8.92. The van der Waals surface area contributed by atoms with Crippen molar-refractivity contribution >= 4 is 17.7 Å². The minimum Gasteiger partial charge on any atom is -0.362 e. The second-order valence-corrected chi connectivity index (χ2v) is 8.92. The lowest BCUT2D eigenvalue weighted by molar-refractivity contribution is -0.123. The standard InChI is InChI=1S/C23H29F2N5O/c1-13-12-26-23(29-21(13)30(2)3)28-16-7-5-15(6-8-16)27-22(31)18-11-17(18)14-4-9-19(24)20(25)10-14/h4,9-10,12,15-18H,5-8,11H2,1-3H3,(H,27,31)(H,26,28,29)/t15?,16?,17-,18+/m0/s1. The van der Waals surface area contributed by atoms with Crippen LogP contribution in [-0.2, 0) is 4.79 Å². The summed E-state index contributed by atoms with van der Waals surface area (Å²) in [6.45, 7) is 1.99. The average Bonchev–Trinajstić information content (AvgIpc) is 3.54. The van der Waals surface area contributed by atoms with Crippen LogP contribution in [0.5, 0.6) is 0 Å². The van der Waals surface area contributed by atoms with Crippen LogP contribution in [0.2, 0.25) is 0 Å². The number of aryl methyl sites for hydroxylation is 1. The molecular weight excluding hydrogens is 400 g/mol. The monoisotopic (exact) mass is 429 g/mol. The van der Waals surface area contributed by atoms with Crippen LogP contribution in [0.4, 0.5) is 20.5 Å². The Balaban J connectivity index is 1.25. The molecule has 0 spiro atoms. The second kappa shape index (κ2) is 8.77. The van der Waals surface area contributed by atoms with E-state index in [9.17, 15) is 13.6 Å².